The molecule has 0 radical (unpaired) electrons. The van der Waals surface area contributed by atoms with Crippen LogP contribution >= 0.6 is 0 Å². The first-order valence-corrected chi connectivity index (χ1v) is 4.65. The van der Waals surface area contributed by atoms with E-state index < -0.39 is 28.2 Å². The summed E-state index contributed by atoms with van der Waals surface area (Å²) in [6, 6.07) is -1.22. The van der Waals surface area contributed by atoms with Crippen molar-refractivity contribution in [2.24, 2.45) is 0 Å². The second-order valence-electron chi connectivity index (χ2n) is 2.41. The van der Waals surface area contributed by atoms with Gasteiger partial charge in [-0.25, -0.2) is 9.10 Å². The van der Waals surface area contributed by atoms with Crippen molar-refractivity contribution in [1.29, 1.82) is 0 Å². The predicted molar refractivity (Wildman–Crippen MR) is 38.8 cm³/mol. The Bertz CT molecular complexity index is 346. The standard InChI is InChI=1S/C5H7NO6S/c1-12-5(8)3-2-4(7)6(3)13(9,10)11/h3H,2H2,1H3,(H,9,10,11). The molecule has 0 aromatic carbocycles. The molecule has 1 rings (SSSR count). The summed E-state index contributed by atoms with van der Waals surface area (Å²) in [5, 5.41) is 0. The second kappa shape index (κ2) is 2.96. The molecule has 0 saturated carbocycles. The molecule has 0 bridgehead atoms. The fraction of sp³-hybridized carbons (Fsp3) is 0.600. The monoisotopic (exact) mass is 209 g/mol. The molecule has 0 spiro atoms. The van der Waals surface area contributed by atoms with Crippen molar-refractivity contribution in [3.05, 3.63) is 0 Å². The summed E-state index contributed by atoms with van der Waals surface area (Å²) in [5.74, 6) is -1.69. The van der Waals surface area contributed by atoms with Crippen molar-refractivity contribution < 1.29 is 27.3 Å². The van der Waals surface area contributed by atoms with Crippen LogP contribution in [0.25, 0.3) is 0 Å². The van der Waals surface area contributed by atoms with Crippen LogP contribution in [0.15, 0.2) is 0 Å². The number of ether oxygens (including phenoxy) is 1. The van der Waals surface area contributed by atoms with Crippen LogP contribution < -0.4 is 0 Å². The van der Waals surface area contributed by atoms with E-state index in [0.717, 1.165) is 7.11 Å². The van der Waals surface area contributed by atoms with Gasteiger partial charge in [-0.05, 0) is 0 Å². The van der Waals surface area contributed by atoms with E-state index in [1.807, 2.05) is 0 Å². The third kappa shape index (κ3) is 1.63. The summed E-state index contributed by atoms with van der Waals surface area (Å²) in [7, 11) is -3.57. The van der Waals surface area contributed by atoms with E-state index in [1.165, 1.54) is 0 Å². The van der Waals surface area contributed by atoms with Gasteiger partial charge in [-0.15, -0.1) is 0 Å². The molecule has 7 nitrogen and oxygen atoms in total. The van der Waals surface area contributed by atoms with Gasteiger partial charge < -0.3 is 4.74 Å². The van der Waals surface area contributed by atoms with Gasteiger partial charge in [0.1, 0.15) is 0 Å². The number of amides is 1. The Balaban J connectivity index is 2.85. The normalized spacial score (nSPS) is 22.5. The van der Waals surface area contributed by atoms with Gasteiger partial charge in [-0.1, -0.05) is 0 Å². The van der Waals surface area contributed by atoms with Gasteiger partial charge in [0.15, 0.2) is 6.04 Å². The maximum absolute atomic E-state index is 10.8. The van der Waals surface area contributed by atoms with E-state index >= 15 is 0 Å². The molecule has 1 unspecified atom stereocenters. The SMILES string of the molecule is COC(=O)C1CC(=O)N1S(=O)(=O)O. The van der Waals surface area contributed by atoms with Gasteiger partial charge in [0, 0.05) is 0 Å². The minimum atomic E-state index is -4.64. The van der Waals surface area contributed by atoms with Crippen LogP contribution in [0.3, 0.4) is 0 Å². The molecule has 1 aliphatic rings. The maximum Gasteiger partial charge on any atom is 0.362 e. The molecule has 0 aromatic rings. The molecule has 1 atom stereocenters. The average molecular weight is 209 g/mol. The quantitative estimate of drug-likeness (QED) is 0.339. The summed E-state index contributed by atoms with van der Waals surface area (Å²) in [6.07, 6.45) is -0.257. The molecule has 1 heterocycles. The van der Waals surface area contributed by atoms with Crippen LogP contribution in [-0.4, -0.2) is 42.3 Å². The number of hydrogen-bond donors (Lipinski definition) is 1. The Morgan fingerprint density at radius 1 is 1.69 bits per heavy atom. The van der Waals surface area contributed by atoms with Gasteiger partial charge in [-0.3, -0.25) is 9.35 Å². The number of hydrogen-bond acceptors (Lipinski definition) is 5. The number of rotatable bonds is 2. The molecular formula is C5H7NO6S. The number of nitrogens with zero attached hydrogens (tertiary/aromatic N) is 1. The van der Waals surface area contributed by atoms with Crippen molar-refractivity contribution in [3.8, 4) is 0 Å². The lowest BCUT2D eigenvalue weighted by atomic mass is 10.1. The van der Waals surface area contributed by atoms with Gasteiger partial charge in [0.05, 0.1) is 13.5 Å². The minimum Gasteiger partial charge on any atom is -0.467 e. The fourth-order valence-corrected chi connectivity index (χ4v) is 1.82. The van der Waals surface area contributed by atoms with Gasteiger partial charge in [-0.2, -0.15) is 8.42 Å². The third-order valence-corrected chi connectivity index (χ3v) is 2.57. The van der Waals surface area contributed by atoms with Gasteiger partial charge >= 0.3 is 16.3 Å². The van der Waals surface area contributed by atoms with E-state index in [1.54, 1.807) is 0 Å². The van der Waals surface area contributed by atoms with Crippen LogP contribution in [0.5, 0.6) is 0 Å². The number of methoxy groups -OCH3 is 1. The van der Waals surface area contributed by atoms with E-state index in [0.29, 0.717) is 0 Å². The molecular weight excluding hydrogens is 202 g/mol. The van der Waals surface area contributed by atoms with Crippen molar-refractivity contribution in [2.45, 2.75) is 12.5 Å². The Morgan fingerprint density at radius 2 is 2.23 bits per heavy atom. The molecule has 1 amide bonds. The van der Waals surface area contributed by atoms with E-state index in [9.17, 15) is 18.0 Å². The van der Waals surface area contributed by atoms with Crippen molar-refractivity contribution in [3.63, 3.8) is 0 Å². The molecule has 1 N–H and O–H groups in total. The molecule has 1 aliphatic heterocycles. The lowest BCUT2D eigenvalue weighted by molar-refractivity contribution is -0.158. The van der Waals surface area contributed by atoms with Gasteiger partial charge in [0.2, 0.25) is 5.91 Å². The lowest BCUT2D eigenvalue weighted by Crippen LogP contribution is -2.59. The minimum absolute atomic E-state index is 0.0961. The highest BCUT2D eigenvalue weighted by molar-refractivity contribution is 7.84. The molecule has 0 aliphatic carbocycles. The first-order chi connectivity index (χ1) is 5.88. The fourth-order valence-electron chi connectivity index (χ4n) is 1.00. The van der Waals surface area contributed by atoms with Crippen molar-refractivity contribution in [2.75, 3.05) is 7.11 Å². The predicted octanol–water partition coefficient (Wildman–Crippen LogP) is -1.44. The van der Waals surface area contributed by atoms with Crippen molar-refractivity contribution in [1.82, 2.24) is 4.31 Å². The van der Waals surface area contributed by atoms with Crippen LogP contribution in [0, 0.1) is 0 Å². The zero-order valence-corrected chi connectivity index (χ0v) is 7.44. The highest BCUT2D eigenvalue weighted by Gasteiger charge is 2.48. The highest BCUT2D eigenvalue weighted by atomic mass is 32.2. The molecule has 1 fully saturated rings. The Morgan fingerprint density at radius 3 is 2.54 bits per heavy atom. The largest absolute Gasteiger partial charge is 0.467 e. The van der Waals surface area contributed by atoms with Crippen LogP contribution in [0.2, 0.25) is 0 Å². The van der Waals surface area contributed by atoms with Crippen LogP contribution in [0.1, 0.15) is 6.42 Å². The first-order valence-electron chi connectivity index (χ1n) is 3.25. The Kier molecular flexibility index (Phi) is 2.26. The number of carbonyl (C=O) groups is 2. The van der Waals surface area contributed by atoms with Crippen molar-refractivity contribution >= 4 is 22.2 Å². The first kappa shape index (κ1) is 9.93. The molecule has 74 valence electrons. The molecule has 1 saturated heterocycles. The molecule has 13 heavy (non-hydrogen) atoms. The average Bonchev–Trinajstić information content (AvgIpc) is 1.95. The van der Waals surface area contributed by atoms with Gasteiger partial charge in [0.25, 0.3) is 0 Å². The van der Waals surface area contributed by atoms with Crippen LogP contribution in [-0.2, 0) is 24.6 Å². The Hall–Kier alpha value is -1.15. The number of esters is 1. The third-order valence-electron chi connectivity index (χ3n) is 1.62. The maximum atomic E-state index is 10.8. The van der Waals surface area contributed by atoms with E-state index in [4.69, 9.17) is 4.55 Å². The van der Waals surface area contributed by atoms with E-state index in [2.05, 4.69) is 4.74 Å². The number of carbonyl (C=O) groups excluding carboxylic acids is 2. The Labute approximate surface area is 74.2 Å². The highest BCUT2D eigenvalue weighted by Crippen LogP contribution is 2.23. The lowest BCUT2D eigenvalue weighted by Gasteiger charge is -2.34. The van der Waals surface area contributed by atoms with Crippen LogP contribution in [0.4, 0.5) is 0 Å². The zero-order chi connectivity index (χ0) is 10.2. The summed E-state index contributed by atoms with van der Waals surface area (Å²) in [5.41, 5.74) is 0. The number of β-lactam (4-membered cyclic amide) rings is 1. The smallest absolute Gasteiger partial charge is 0.362 e. The summed E-state index contributed by atoms with van der Waals surface area (Å²) in [6.45, 7) is 0. The molecule has 8 heteroatoms. The van der Waals surface area contributed by atoms with E-state index in [-0.39, 0.29) is 10.7 Å². The summed E-state index contributed by atoms with van der Waals surface area (Å²) >= 11 is 0. The molecule has 0 aromatic heterocycles. The summed E-state index contributed by atoms with van der Waals surface area (Å²) in [4.78, 5) is 21.5. The zero-order valence-electron chi connectivity index (χ0n) is 6.63. The summed E-state index contributed by atoms with van der Waals surface area (Å²) < 4.78 is 33.8. The second-order valence-corrected chi connectivity index (χ2v) is 3.70. The topological polar surface area (TPSA) is 101 Å².